The smallest absolute Gasteiger partial charge is 0.265 e. The Hall–Kier alpha value is -2.62. The van der Waals surface area contributed by atoms with Gasteiger partial charge in [0.2, 0.25) is 0 Å². The SMILES string of the molecule is CC(=O)c1cccc(NC(=O)[C@H](C)Oc2c(C)cccc2C)c1. The van der Waals surface area contributed by atoms with Crippen molar-refractivity contribution in [2.24, 2.45) is 0 Å². The Morgan fingerprint density at radius 1 is 1.04 bits per heavy atom. The summed E-state index contributed by atoms with van der Waals surface area (Å²) >= 11 is 0. The summed E-state index contributed by atoms with van der Waals surface area (Å²) < 4.78 is 5.81. The van der Waals surface area contributed by atoms with Crippen LogP contribution < -0.4 is 10.1 Å². The maximum absolute atomic E-state index is 12.3. The van der Waals surface area contributed by atoms with Gasteiger partial charge in [0.05, 0.1) is 0 Å². The first-order valence-corrected chi connectivity index (χ1v) is 7.53. The third-order valence-electron chi connectivity index (χ3n) is 3.61. The predicted octanol–water partition coefficient (Wildman–Crippen LogP) is 3.91. The Bertz CT molecular complexity index is 717. The normalized spacial score (nSPS) is 11.7. The van der Waals surface area contributed by atoms with Crippen LogP contribution in [0.5, 0.6) is 5.75 Å². The molecule has 0 aromatic heterocycles. The molecule has 0 radical (unpaired) electrons. The van der Waals surface area contributed by atoms with Gasteiger partial charge in [-0.2, -0.15) is 0 Å². The van der Waals surface area contributed by atoms with Crippen molar-refractivity contribution in [3.8, 4) is 5.75 Å². The minimum absolute atomic E-state index is 0.0408. The highest BCUT2D eigenvalue weighted by Crippen LogP contribution is 2.24. The molecule has 4 nitrogen and oxygen atoms in total. The van der Waals surface area contributed by atoms with E-state index in [4.69, 9.17) is 4.74 Å². The molecular weight excluding hydrogens is 290 g/mol. The number of amides is 1. The van der Waals surface area contributed by atoms with Crippen LogP contribution in [-0.2, 0) is 4.79 Å². The van der Waals surface area contributed by atoms with Gasteiger partial charge in [0.15, 0.2) is 11.9 Å². The topological polar surface area (TPSA) is 55.4 Å². The Morgan fingerprint density at radius 2 is 1.65 bits per heavy atom. The van der Waals surface area contributed by atoms with Crippen LogP contribution >= 0.6 is 0 Å². The van der Waals surface area contributed by atoms with Crippen LogP contribution in [0.4, 0.5) is 5.69 Å². The molecule has 4 heteroatoms. The molecule has 0 aliphatic heterocycles. The minimum Gasteiger partial charge on any atom is -0.480 e. The summed E-state index contributed by atoms with van der Waals surface area (Å²) in [6, 6.07) is 12.7. The van der Waals surface area contributed by atoms with Gasteiger partial charge in [-0.1, -0.05) is 30.3 Å². The average molecular weight is 311 g/mol. The summed E-state index contributed by atoms with van der Waals surface area (Å²) in [7, 11) is 0. The van der Waals surface area contributed by atoms with Crippen molar-refractivity contribution in [1.29, 1.82) is 0 Å². The van der Waals surface area contributed by atoms with Crippen molar-refractivity contribution in [2.45, 2.75) is 33.8 Å². The van der Waals surface area contributed by atoms with Crippen molar-refractivity contribution in [3.63, 3.8) is 0 Å². The number of benzene rings is 2. The van der Waals surface area contributed by atoms with Crippen molar-refractivity contribution in [3.05, 3.63) is 59.2 Å². The van der Waals surface area contributed by atoms with Crippen LogP contribution in [0.15, 0.2) is 42.5 Å². The Balaban J connectivity index is 2.08. The van der Waals surface area contributed by atoms with Crippen molar-refractivity contribution in [2.75, 3.05) is 5.32 Å². The minimum atomic E-state index is -0.643. The van der Waals surface area contributed by atoms with Crippen LogP contribution in [0.3, 0.4) is 0 Å². The molecule has 2 aromatic rings. The van der Waals surface area contributed by atoms with E-state index in [1.54, 1.807) is 31.2 Å². The number of hydrogen-bond acceptors (Lipinski definition) is 3. The van der Waals surface area contributed by atoms with Gasteiger partial charge in [0, 0.05) is 11.3 Å². The molecule has 1 atom stereocenters. The van der Waals surface area contributed by atoms with Crippen LogP contribution in [0.25, 0.3) is 0 Å². The summed E-state index contributed by atoms with van der Waals surface area (Å²) in [6.07, 6.45) is -0.643. The number of carbonyl (C=O) groups excluding carboxylic acids is 2. The van der Waals surface area contributed by atoms with E-state index in [0.29, 0.717) is 11.3 Å². The molecule has 1 amide bonds. The molecule has 0 spiro atoms. The third kappa shape index (κ3) is 4.19. The molecule has 0 unspecified atom stereocenters. The largest absolute Gasteiger partial charge is 0.480 e. The second-order valence-electron chi connectivity index (χ2n) is 5.61. The lowest BCUT2D eigenvalue weighted by Crippen LogP contribution is -2.30. The van der Waals surface area contributed by atoms with Gasteiger partial charge in [0.1, 0.15) is 5.75 Å². The first kappa shape index (κ1) is 16.7. The highest BCUT2D eigenvalue weighted by molar-refractivity contribution is 5.98. The van der Waals surface area contributed by atoms with Crippen LogP contribution in [0, 0.1) is 13.8 Å². The van der Waals surface area contributed by atoms with Gasteiger partial charge < -0.3 is 10.1 Å². The fourth-order valence-electron chi connectivity index (χ4n) is 2.28. The van der Waals surface area contributed by atoms with Gasteiger partial charge in [-0.15, -0.1) is 0 Å². The fraction of sp³-hybridized carbons (Fsp3) is 0.263. The number of Topliss-reactive ketones (excluding diaryl/α,β-unsaturated/α-hetero) is 1. The van der Waals surface area contributed by atoms with Gasteiger partial charge >= 0.3 is 0 Å². The number of para-hydroxylation sites is 1. The first-order valence-electron chi connectivity index (χ1n) is 7.53. The lowest BCUT2D eigenvalue weighted by Gasteiger charge is -2.18. The molecule has 0 aliphatic rings. The maximum atomic E-state index is 12.3. The van der Waals surface area contributed by atoms with Crippen molar-refractivity contribution < 1.29 is 14.3 Å². The van der Waals surface area contributed by atoms with E-state index in [-0.39, 0.29) is 11.7 Å². The predicted molar refractivity (Wildman–Crippen MR) is 91.1 cm³/mol. The van der Waals surface area contributed by atoms with Gasteiger partial charge in [-0.3, -0.25) is 9.59 Å². The van der Waals surface area contributed by atoms with Gasteiger partial charge in [-0.05, 0) is 51.0 Å². The summed E-state index contributed by atoms with van der Waals surface area (Å²) in [4.78, 5) is 23.7. The number of ether oxygens (including phenoxy) is 1. The quantitative estimate of drug-likeness (QED) is 0.852. The second-order valence-corrected chi connectivity index (χ2v) is 5.61. The molecule has 1 N–H and O–H groups in total. The molecule has 0 saturated carbocycles. The Morgan fingerprint density at radius 3 is 2.26 bits per heavy atom. The molecule has 0 saturated heterocycles. The molecule has 0 aliphatic carbocycles. The molecule has 0 bridgehead atoms. The van der Waals surface area contributed by atoms with E-state index in [1.807, 2.05) is 32.0 Å². The van der Waals surface area contributed by atoms with Gasteiger partial charge in [0.25, 0.3) is 5.91 Å². The lowest BCUT2D eigenvalue weighted by molar-refractivity contribution is -0.122. The van der Waals surface area contributed by atoms with E-state index in [9.17, 15) is 9.59 Å². The summed E-state index contributed by atoms with van der Waals surface area (Å²) in [5.41, 5.74) is 3.12. The molecule has 120 valence electrons. The van der Waals surface area contributed by atoms with Crippen LogP contribution in [0.2, 0.25) is 0 Å². The summed E-state index contributed by atoms with van der Waals surface area (Å²) in [5, 5.41) is 2.78. The molecular formula is C19H21NO3. The van der Waals surface area contributed by atoms with Gasteiger partial charge in [-0.25, -0.2) is 0 Å². The Labute approximate surface area is 136 Å². The van der Waals surface area contributed by atoms with Crippen molar-refractivity contribution in [1.82, 2.24) is 0 Å². The monoisotopic (exact) mass is 311 g/mol. The second kappa shape index (κ2) is 7.09. The molecule has 0 heterocycles. The zero-order chi connectivity index (χ0) is 17.0. The zero-order valence-corrected chi connectivity index (χ0v) is 13.8. The molecule has 0 fully saturated rings. The van der Waals surface area contributed by atoms with Crippen molar-refractivity contribution >= 4 is 17.4 Å². The van der Waals surface area contributed by atoms with E-state index in [2.05, 4.69) is 5.32 Å². The number of anilines is 1. The molecule has 2 rings (SSSR count). The Kier molecular flexibility index (Phi) is 5.16. The first-order chi connectivity index (χ1) is 10.9. The fourth-order valence-corrected chi connectivity index (χ4v) is 2.28. The molecule has 23 heavy (non-hydrogen) atoms. The number of rotatable bonds is 5. The van der Waals surface area contributed by atoms with Crippen LogP contribution in [-0.4, -0.2) is 17.8 Å². The standard InChI is InChI=1S/C19H21NO3/c1-12-7-5-8-13(2)18(12)23-15(4)19(22)20-17-10-6-9-16(11-17)14(3)21/h5-11,15H,1-4H3,(H,20,22)/t15-/m0/s1. The molecule has 2 aromatic carbocycles. The highest BCUT2D eigenvalue weighted by atomic mass is 16.5. The summed E-state index contributed by atoms with van der Waals surface area (Å²) in [6.45, 7) is 7.09. The number of aryl methyl sites for hydroxylation is 2. The third-order valence-corrected chi connectivity index (χ3v) is 3.61. The van der Waals surface area contributed by atoms with E-state index in [0.717, 1.165) is 16.9 Å². The lowest BCUT2D eigenvalue weighted by atomic mass is 10.1. The number of hydrogen-bond donors (Lipinski definition) is 1. The van der Waals surface area contributed by atoms with E-state index in [1.165, 1.54) is 6.92 Å². The highest BCUT2D eigenvalue weighted by Gasteiger charge is 2.17. The maximum Gasteiger partial charge on any atom is 0.265 e. The van der Waals surface area contributed by atoms with E-state index >= 15 is 0 Å². The summed E-state index contributed by atoms with van der Waals surface area (Å²) in [5.74, 6) is 0.432. The number of carbonyl (C=O) groups is 2. The average Bonchev–Trinajstić information content (AvgIpc) is 2.51. The van der Waals surface area contributed by atoms with E-state index < -0.39 is 6.10 Å². The van der Waals surface area contributed by atoms with Crippen LogP contribution in [0.1, 0.15) is 35.3 Å². The number of ketones is 1. The number of nitrogens with one attached hydrogen (secondary N) is 1. The zero-order valence-electron chi connectivity index (χ0n) is 13.8.